The fourth-order valence-corrected chi connectivity index (χ4v) is 2.24. The third kappa shape index (κ3) is 3.94. The summed E-state index contributed by atoms with van der Waals surface area (Å²) in [5, 5.41) is 1.26. The summed E-state index contributed by atoms with van der Waals surface area (Å²) < 4.78 is 50.6. The fourth-order valence-electron chi connectivity index (χ4n) is 2.24. The molecule has 7 heteroatoms. The van der Waals surface area contributed by atoms with Crippen molar-refractivity contribution in [3.8, 4) is 11.5 Å². The molecule has 23 heavy (non-hydrogen) atoms. The van der Waals surface area contributed by atoms with Crippen LogP contribution in [0.3, 0.4) is 0 Å². The van der Waals surface area contributed by atoms with E-state index in [9.17, 15) is 13.2 Å². The molecular weight excluding hydrogens is 309 g/mol. The van der Waals surface area contributed by atoms with E-state index < -0.39 is 17.5 Å². The molecular formula is C16H17F3N2O2. The van der Waals surface area contributed by atoms with Gasteiger partial charge < -0.3 is 9.47 Å². The molecule has 0 aliphatic heterocycles. The summed E-state index contributed by atoms with van der Waals surface area (Å²) >= 11 is 0. The maximum Gasteiger partial charge on any atom is 0.167 e. The molecule has 0 atom stereocenters. The highest BCUT2D eigenvalue weighted by molar-refractivity contribution is 5.36. The van der Waals surface area contributed by atoms with Gasteiger partial charge in [-0.1, -0.05) is 6.07 Å². The number of methoxy groups -OCH3 is 2. The summed E-state index contributed by atoms with van der Waals surface area (Å²) in [6.07, 6.45) is 0. The van der Waals surface area contributed by atoms with Crippen molar-refractivity contribution in [2.75, 3.05) is 14.2 Å². The van der Waals surface area contributed by atoms with Gasteiger partial charge in [0.1, 0.15) is 17.3 Å². The summed E-state index contributed by atoms with van der Waals surface area (Å²) in [6.45, 7) is 0.0653. The molecule has 2 N–H and O–H groups in total. The average molecular weight is 326 g/mol. The van der Waals surface area contributed by atoms with Crippen molar-refractivity contribution in [3.63, 3.8) is 0 Å². The SMILES string of the molecule is COc1cc(F)ccc1CN(N)Cc1c(OC)ccc(F)c1F. The minimum atomic E-state index is -1.01. The lowest BCUT2D eigenvalue weighted by Gasteiger charge is -2.20. The summed E-state index contributed by atoms with van der Waals surface area (Å²) in [4.78, 5) is 0. The van der Waals surface area contributed by atoms with Crippen LogP contribution in [0.1, 0.15) is 11.1 Å². The zero-order chi connectivity index (χ0) is 17.0. The molecule has 0 aromatic heterocycles. The van der Waals surface area contributed by atoms with Crippen molar-refractivity contribution in [2.45, 2.75) is 13.1 Å². The van der Waals surface area contributed by atoms with Crippen LogP contribution in [0.2, 0.25) is 0 Å². The van der Waals surface area contributed by atoms with E-state index in [1.807, 2.05) is 0 Å². The van der Waals surface area contributed by atoms with Crippen molar-refractivity contribution in [1.82, 2.24) is 5.01 Å². The molecule has 2 rings (SSSR count). The lowest BCUT2D eigenvalue weighted by molar-refractivity contribution is 0.250. The van der Waals surface area contributed by atoms with Crippen molar-refractivity contribution in [1.29, 1.82) is 0 Å². The maximum absolute atomic E-state index is 13.9. The molecule has 0 radical (unpaired) electrons. The molecule has 0 spiro atoms. The molecule has 0 saturated heterocycles. The molecule has 2 aromatic rings. The van der Waals surface area contributed by atoms with E-state index in [0.29, 0.717) is 11.3 Å². The van der Waals surface area contributed by atoms with Crippen LogP contribution in [0, 0.1) is 17.5 Å². The molecule has 0 unspecified atom stereocenters. The normalized spacial score (nSPS) is 10.9. The molecule has 0 aliphatic rings. The van der Waals surface area contributed by atoms with Gasteiger partial charge in [-0.25, -0.2) is 18.2 Å². The number of rotatable bonds is 6. The van der Waals surface area contributed by atoms with Gasteiger partial charge in [0.2, 0.25) is 0 Å². The van der Waals surface area contributed by atoms with Crippen molar-refractivity contribution in [2.24, 2.45) is 5.84 Å². The first kappa shape index (κ1) is 17.1. The Hall–Kier alpha value is -2.25. The first-order chi connectivity index (χ1) is 11.0. The van der Waals surface area contributed by atoms with E-state index in [1.165, 1.54) is 43.5 Å². The second-order valence-corrected chi connectivity index (χ2v) is 4.90. The third-order valence-corrected chi connectivity index (χ3v) is 3.36. The highest BCUT2D eigenvalue weighted by Gasteiger charge is 2.17. The van der Waals surface area contributed by atoms with Gasteiger partial charge in [-0.2, -0.15) is 0 Å². The molecule has 0 amide bonds. The molecule has 2 aromatic carbocycles. The molecule has 4 nitrogen and oxygen atoms in total. The average Bonchev–Trinajstić information content (AvgIpc) is 2.53. The van der Waals surface area contributed by atoms with Gasteiger partial charge in [0, 0.05) is 30.3 Å². The Balaban J connectivity index is 2.20. The molecule has 124 valence electrons. The summed E-state index contributed by atoms with van der Waals surface area (Å²) in [5.74, 6) is 3.98. The number of hydrogen-bond acceptors (Lipinski definition) is 4. The van der Waals surface area contributed by atoms with Crippen LogP contribution in [0.5, 0.6) is 11.5 Å². The van der Waals surface area contributed by atoms with Gasteiger partial charge in [-0.05, 0) is 18.2 Å². The molecule has 0 saturated carbocycles. The van der Waals surface area contributed by atoms with Crippen molar-refractivity contribution < 1.29 is 22.6 Å². The van der Waals surface area contributed by atoms with E-state index in [0.717, 1.165) is 6.07 Å². The van der Waals surface area contributed by atoms with Crippen LogP contribution in [0.4, 0.5) is 13.2 Å². The number of nitrogens with zero attached hydrogens (tertiary/aromatic N) is 1. The van der Waals surface area contributed by atoms with Crippen LogP contribution in [0.15, 0.2) is 30.3 Å². The van der Waals surface area contributed by atoms with Crippen molar-refractivity contribution in [3.05, 3.63) is 58.9 Å². The van der Waals surface area contributed by atoms with Crippen molar-refractivity contribution >= 4 is 0 Å². The fraction of sp³-hybridized carbons (Fsp3) is 0.250. The number of halogens is 3. The Labute approximate surface area is 132 Å². The number of ether oxygens (including phenoxy) is 2. The largest absolute Gasteiger partial charge is 0.496 e. The number of benzene rings is 2. The molecule has 0 fully saturated rings. The highest BCUT2D eigenvalue weighted by Crippen LogP contribution is 2.26. The zero-order valence-corrected chi connectivity index (χ0v) is 12.8. The van der Waals surface area contributed by atoms with E-state index in [-0.39, 0.29) is 24.4 Å². The molecule has 0 aliphatic carbocycles. The van der Waals surface area contributed by atoms with E-state index >= 15 is 0 Å². The number of nitrogens with two attached hydrogens (primary N) is 1. The Kier molecular flexibility index (Phi) is 5.46. The second-order valence-electron chi connectivity index (χ2n) is 4.90. The smallest absolute Gasteiger partial charge is 0.167 e. The molecule has 0 bridgehead atoms. The van der Waals surface area contributed by atoms with Crippen LogP contribution in [-0.4, -0.2) is 19.2 Å². The zero-order valence-electron chi connectivity index (χ0n) is 12.8. The minimum Gasteiger partial charge on any atom is -0.496 e. The minimum absolute atomic E-state index is 0.0103. The van der Waals surface area contributed by atoms with Crippen LogP contribution in [0.25, 0.3) is 0 Å². The number of hydrazine groups is 1. The van der Waals surface area contributed by atoms with Gasteiger partial charge >= 0.3 is 0 Å². The number of hydrogen-bond donors (Lipinski definition) is 1. The van der Waals surface area contributed by atoms with E-state index in [4.69, 9.17) is 15.3 Å². The Morgan fingerprint density at radius 1 is 0.957 bits per heavy atom. The second kappa shape index (κ2) is 7.34. The quantitative estimate of drug-likeness (QED) is 0.655. The van der Waals surface area contributed by atoms with Gasteiger partial charge in [0.25, 0.3) is 0 Å². The van der Waals surface area contributed by atoms with Crippen LogP contribution < -0.4 is 15.3 Å². The van der Waals surface area contributed by atoms with Gasteiger partial charge in [-0.3, -0.25) is 5.84 Å². The van der Waals surface area contributed by atoms with Gasteiger partial charge in [0.05, 0.1) is 14.2 Å². The van der Waals surface area contributed by atoms with Gasteiger partial charge in [0.15, 0.2) is 11.6 Å². The Morgan fingerprint density at radius 2 is 1.65 bits per heavy atom. The van der Waals surface area contributed by atoms with Crippen LogP contribution >= 0.6 is 0 Å². The summed E-state index contributed by atoms with van der Waals surface area (Å²) in [5.41, 5.74) is 0.628. The maximum atomic E-state index is 13.9. The van der Waals surface area contributed by atoms with Crippen LogP contribution in [-0.2, 0) is 13.1 Å². The van der Waals surface area contributed by atoms with E-state index in [1.54, 1.807) is 0 Å². The third-order valence-electron chi connectivity index (χ3n) is 3.36. The first-order valence-corrected chi connectivity index (χ1v) is 6.79. The summed E-state index contributed by atoms with van der Waals surface area (Å²) in [6, 6.07) is 6.34. The predicted molar refractivity (Wildman–Crippen MR) is 79.3 cm³/mol. The Bertz CT molecular complexity index is 695. The van der Waals surface area contributed by atoms with Gasteiger partial charge in [-0.15, -0.1) is 0 Å². The monoisotopic (exact) mass is 326 g/mol. The standard InChI is InChI=1S/C16H17F3N2O2/c1-22-14-6-5-13(18)16(19)12(14)9-21(20)8-10-3-4-11(17)7-15(10)23-2/h3-7H,8-9,20H2,1-2H3. The predicted octanol–water partition coefficient (Wildman–Crippen LogP) is 3.00. The van der Waals surface area contributed by atoms with E-state index in [2.05, 4.69) is 0 Å². The molecule has 0 heterocycles. The first-order valence-electron chi connectivity index (χ1n) is 6.79. The lowest BCUT2D eigenvalue weighted by atomic mass is 10.1. The lowest BCUT2D eigenvalue weighted by Crippen LogP contribution is -2.30. The topological polar surface area (TPSA) is 47.7 Å². The summed E-state index contributed by atoms with van der Waals surface area (Å²) in [7, 11) is 2.77. The Morgan fingerprint density at radius 3 is 2.30 bits per heavy atom. The highest BCUT2D eigenvalue weighted by atomic mass is 19.2.